The van der Waals surface area contributed by atoms with Crippen LogP contribution in [-0.4, -0.2) is 30.9 Å². The molecule has 1 atom stereocenters. The van der Waals surface area contributed by atoms with Crippen molar-refractivity contribution in [3.05, 3.63) is 96.2 Å². The molecular formula is C21H16N6OS2. The van der Waals surface area contributed by atoms with Crippen LogP contribution in [0.25, 0.3) is 10.5 Å². The minimum absolute atomic E-state index is 0.709. The molecule has 5 aromatic heterocycles. The average Bonchev–Trinajstić information content (AvgIpc) is 3.62. The van der Waals surface area contributed by atoms with Gasteiger partial charge in [0.05, 0.1) is 26.1 Å². The Labute approximate surface area is 177 Å². The maximum atomic E-state index is 5.82. The second-order valence-electron chi connectivity index (χ2n) is 6.58. The third-order valence-corrected chi connectivity index (χ3v) is 9.63. The number of aromatic amines is 3. The second kappa shape index (κ2) is 6.75. The lowest BCUT2D eigenvalue weighted by molar-refractivity contribution is 0.559. The van der Waals surface area contributed by atoms with Crippen molar-refractivity contribution in [1.82, 2.24) is 25.1 Å². The summed E-state index contributed by atoms with van der Waals surface area (Å²) in [6.45, 7) is 0. The number of hydrogen-bond acceptors (Lipinski definition) is 5. The minimum Gasteiger partial charge on any atom is -0.463 e. The highest BCUT2D eigenvalue weighted by Crippen LogP contribution is 2.76. The summed E-state index contributed by atoms with van der Waals surface area (Å²) in [6, 6.07) is 14.1. The van der Waals surface area contributed by atoms with Gasteiger partial charge in [-0.15, -0.1) is 11.3 Å². The summed E-state index contributed by atoms with van der Waals surface area (Å²) in [5.41, 5.74) is 2.60. The molecule has 0 fully saturated rings. The summed E-state index contributed by atoms with van der Waals surface area (Å²) < 4.78 is 12.4. The summed E-state index contributed by atoms with van der Waals surface area (Å²) in [4.78, 5) is 12.4. The van der Waals surface area contributed by atoms with Gasteiger partial charge in [0.1, 0.15) is 11.5 Å². The Morgan fingerprint density at radius 1 is 0.967 bits per heavy atom. The zero-order valence-corrected chi connectivity index (χ0v) is 17.2. The summed E-state index contributed by atoms with van der Waals surface area (Å²) in [7, 11) is -2.02. The highest BCUT2D eigenvalue weighted by atomic mass is 32.3. The predicted molar refractivity (Wildman–Crippen MR) is 118 cm³/mol. The van der Waals surface area contributed by atoms with Gasteiger partial charge in [-0.25, -0.2) is 9.38 Å². The van der Waals surface area contributed by atoms with E-state index in [0.717, 1.165) is 36.9 Å². The molecule has 3 N–H and O–H groups in total. The van der Waals surface area contributed by atoms with Crippen molar-refractivity contribution < 1.29 is 4.42 Å². The molecule has 0 saturated carbocycles. The van der Waals surface area contributed by atoms with E-state index < -0.39 is 10.2 Å². The van der Waals surface area contributed by atoms with Gasteiger partial charge in [0.2, 0.25) is 0 Å². The molecule has 1 aliphatic rings. The first-order valence-corrected chi connectivity index (χ1v) is 11.7. The summed E-state index contributed by atoms with van der Waals surface area (Å²) in [5.74, 6) is 1.49. The number of hydrogen-bond donors (Lipinski definition) is 3. The van der Waals surface area contributed by atoms with Crippen LogP contribution in [0.5, 0.6) is 0 Å². The Morgan fingerprint density at radius 2 is 1.97 bits per heavy atom. The topological polar surface area (TPSA) is 98.7 Å². The van der Waals surface area contributed by atoms with Crippen LogP contribution in [0.15, 0.2) is 96.9 Å². The van der Waals surface area contributed by atoms with E-state index in [9.17, 15) is 0 Å². The fourth-order valence-corrected chi connectivity index (χ4v) is 8.56. The number of H-pyrrole nitrogens is 3. The number of nitrogens with one attached hydrogen (secondary N) is 3. The zero-order chi connectivity index (χ0) is 20.0. The lowest BCUT2D eigenvalue weighted by Gasteiger charge is -2.32. The van der Waals surface area contributed by atoms with E-state index in [-0.39, 0.29) is 0 Å². The Balaban J connectivity index is 1.78. The monoisotopic (exact) mass is 432 g/mol. The molecular weight excluding hydrogens is 416 g/mol. The van der Waals surface area contributed by atoms with E-state index in [2.05, 4.69) is 48.7 Å². The Morgan fingerprint density at radius 3 is 2.63 bits per heavy atom. The maximum absolute atomic E-state index is 5.82. The Hall–Kier alpha value is -3.56. The molecule has 0 aromatic carbocycles. The van der Waals surface area contributed by atoms with Crippen molar-refractivity contribution in [1.29, 1.82) is 0 Å². The molecule has 0 aliphatic carbocycles. The van der Waals surface area contributed by atoms with Crippen LogP contribution in [0.4, 0.5) is 0 Å². The van der Waals surface area contributed by atoms with Crippen molar-refractivity contribution in [2.75, 3.05) is 0 Å². The first-order valence-electron chi connectivity index (χ1n) is 9.26. The standard InChI is InChI=1S/C21H16N6OS2/c1-5-16(22-8-1)30(17-6-3-13-29-17)20(21-23-10-11-24-21)18(14-7-9-25-26-14)19(27-30)15-4-2-12-28-15/h1-13,22H,(H,23,24)(H,25,26). The maximum Gasteiger partial charge on any atom is 0.153 e. The van der Waals surface area contributed by atoms with Crippen LogP contribution in [0.1, 0.15) is 17.3 Å². The number of furan rings is 1. The van der Waals surface area contributed by atoms with Gasteiger partial charge in [-0.2, -0.15) is 5.10 Å². The zero-order valence-electron chi connectivity index (χ0n) is 15.6. The first-order chi connectivity index (χ1) is 14.9. The lowest BCUT2D eigenvalue weighted by Crippen LogP contribution is -2.03. The van der Waals surface area contributed by atoms with Crippen molar-refractivity contribution in [3.63, 3.8) is 0 Å². The molecule has 0 saturated heterocycles. The van der Waals surface area contributed by atoms with Crippen LogP contribution in [0.2, 0.25) is 0 Å². The fourth-order valence-electron chi connectivity index (χ4n) is 3.70. The molecule has 148 valence electrons. The quantitative estimate of drug-likeness (QED) is 0.350. The van der Waals surface area contributed by atoms with Crippen molar-refractivity contribution in [2.45, 2.75) is 9.24 Å². The molecule has 30 heavy (non-hydrogen) atoms. The van der Waals surface area contributed by atoms with E-state index in [0.29, 0.717) is 5.76 Å². The smallest absolute Gasteiger partial charge is 0.153 e. The number of rotatable bonds is 5. The molecule has 9 heteroatoms. The number of thiophene rings is 1. The van der Waals surface area contributed by atoms with Crippen LogP contribution < -0.4 is 0 Å². The molecule has 1 unspecified atom stereocenters. The van der Waals surface area contributed by atoms with Gasteiger partial charge < -0.3 is 14.4 Å². The van der Waals surface area contributed by atoms with Crippen LogP contribution >= 0.6 is 21.6 Å². The first kappa shape index (κ1) is 17.3. The van der Waals surface area contributed by atoms with Gasteiger partial charge in [-0.1, -0.05) is 6.07 Å². The van der Waals surface area contributed by atoms with Gasteiger partial charge in [-0.05, 0) is 52.0 Å². The van der Waals surface area contributed by atoms with Crippen molar-refractivity contribution >= 4 is 37.7 Å². The Bertz CT molecular complexity index is 1280. The summed E-state index contributed by atoms with van der Waals surface area (Å²) in [6.07, 6.45) is 8.96. The summed E-state index contributed by atoms with van der Waals surface area (Å²) in [5, 5.41) is 10.4. The average molecular weight is 433 g/mol. The largest absolute Gasteiger partial charge is 0.463 e. The highest BCUT2D eigenvalue weighted by molar-refractivity contribution is 8.41. The Kier molecular flexibility index (Phi) is 3.90. The molecule has 0 bridgehead atoms. The fraction of sp³-hybridized carbons (Fsp3) is 0. The number of aromatic nitrogens is 5. The third-order valence-electron chi connectivity index (χ3n) is 4.90. The molecule has 0 radical (unpaired) electrons. The minimum atomic E-state index is -2.02. The van der Waals surface area contributed by atoms with Crippen molar-refractivity contribution in [2.24, 2.45) is 4.40 Å². The van der Waals surface area contributed by atoms with Crippen LogP contribution in [0.3, 0.4) is 0 Å². The number of imidazole rings is 1. The van der Waals surface area contributed by atoms with Gasteiger partial charge in [0.15, 0.2) is 5.76 Å². The van der Waals surface area contributed by atoms with Crippen LogP contribution in [-0.2, 0) is 0 Å². The van der Waals surface area contributed by atoms with Gasteiger partial charge >= 0.3 is 0 Å². The summed E-state index contributed by atoms with van der Waals surface area (Å²) >= 11 is 1.69. The second-order valence-corrected chi connectivity index (χ2v) is 10.4. The number of nitrogens with zero attached hydrogens (tertiary/aromatic N) is 3. The number of allylic oxidation sites excluding steroid dienone is 1. The highest BCUT2D eigenvalue weighted by Gasteiger charge is 2.46. The molecule has 6 rings (SSSR count). The molecule has 0 spiro atoms. The van der Waals surface area contributed by atoms with Crippen LogP contribution in [0, 0.1) is 0 Å². The lowest BCUT2D eigenvalue weighted by atomic mass is 10.0. The molecule has 5 aromatic rings. The molecule has 6 heterocycles. The van der Waals surface area contributed by atoms with Gasteiger partial charge in [0.25, 0.3) is 0 Å². The molecule has 7 nitrogen and oxygen atoms in total. The van der Waals surface area contributed by atoms with Gasteiger partial charge in [-0.3, -0.25) is 5.10 Å². The SMILES string of the molecule is c1c[nH]c(S2(c3cccs3)N=C(c3ccco3)C(c3ccn[nH]3)=C2c2ncc[nH]2)c1. The normalized spacial score (nSPS) is 21.0. The van der Waals surface area contributed by atoms with E-state index >= 15 is 0 Å². The van der Waals surface area contributed by atoms with Crippen molar-refractivity contribution in [3.8, 4) is 0 Å². The predicted octanol–water partition coefficient (Wildman–Crippen LogP) is 5.32. The van der Waals surface area contributed by atoms with E-state index in [1.807, 2.05) is 36.7 Å². The van der Waals surface area contributed by atoms with E-state index in [1.165, 1.54) is 0 Å². The van der Waals surface area contributed by atoms with Gasteiger partial charge in [0, 0.05) is 30.4 Å². The van der Waals surface area contributed by atoms with E-state index in [1.54, 1.807) is 30.0 Å². The molecule has 1 aliphatic heterocycles. The molecule has 0 amide bonds. The van der Waals surface area contributed by atoms with E-state index in [4.69, 9.17) is 8.81 Å². The third kappa shape index (κ3) is 2.42.